The normalized spacial score (nSPS) is 11.6. The number of aromatic nitrogens is 4. The van der Waals surface area contributed by atoms with E-state index in [2.05, 4.69) is 15.5 Å². The molecule has 2 aromatic rings. The molecule has 1 aromatic heterocycles. The summed E-state index contributed by atoms with van der Waals surface area (Å²) in [5, 5.41) is 20.2. The lowest BCUT2D eigenvalue weighted by atomic mass is 9.94. The minimum atomic E-state index is -1.10. The second kappa shape index (κ2) is 5.16. The fourth-order valence-corrected chi connectivity index (χ4v) is 1.89. The van der Waals surface area contributed by atoms with E-state index in [0.717, 1.165) is 0 Å². The predicted molar refractivity (Wildman–Crippen MR) is 69.6 cm³/mol. The van der Waals surface area contributed by atoms with Gasteiger partial charge in [-0.05, 0) is 36.4 Å². The summed E-state index contributed by atoms with van der Waals surface area (Å²) < 4.78 is 15.1. The van der Waals surface area contributed by atoms with Crippen molar-refractivity contribution >= 4 is 17.6 Å². The van der Waals surface area contributed by atoms with Gasteiger partial charge in [0.2, 0.25) is 0 Å². The molecule has 0 fully saturated rings. The van der Waals surface area contributed by atoms with Crippen molar-refractivity contribution in [3.8, 4) is 11.4 Å². The molecule has 106 valence electrons. The maximum Gasteiger partial charge on any atom is 0.310 e. The molecule has 0 amide bonds. The Morgan fingerprint density at radius 1 is 1.50 bits per heavy atom. The Bertz CT molecular complexity index is 636. The van der Waals surface area contributed by atoms with Gasteiger partial charge in [0, 0.05) is 0 Å². The Kier molecular flexibility index (Phi) is 3.71. The van der Waals surface area contributed by atoms with Crippen LogP contribution < -0.4 is 0 Å². The summed E-state index contributed by atoms with van der Waals surface area (Å²) in [6.45, 7) is 3.06. The summed E-state index contributed by atoms with van der Waals surface area (Å²) in [5.74, 6) is -1.47. The largest absolute Gasteiger partial charge is 0.481 e. The van der Waals surface area contributed by atoms with Gasteiger partial charge in [-0.15, -0.1) is 5.10 Å². The van der Waals surface area contributed by atoms with Crippen molar-refractivity contribution in [1.82, 2.24) is 20.2 Å². The number of hydrogen-bond acceptors (Lipinski definition) is 4. The van der Waals surface area contributed by atoms with Crippen LogP contribution in [0.2, 0.25) is 5.02 Å². The number of carboxylic acid groups (broad SMARTS) is 1. The smallest absolute Gasteiger partial charge is 0.310 e. The number of nitrogens with zero attached hydrogens (tertiary/aromatic N) is 4. The second-order valence-electron chi connectivity index (χ2n) is 4.95. The van der Waals surface area contributed by atoms with Crippen LogP contribution in [0.5, 0.6) is 0 Å². The number of rotatable bonds is 4. The molecule has 2 rings (SSSR count). The molecular formula is C12H12ClFN4O2. The molecule has 6 nitrogen and oxygen atoms in total. The van der Waals surface area contributed by atoms with E-state index >= 15 is 0 Å². The highest BCUT2D eigenvalue weighted by atomic mass is 35.5. The van der Waals surface area contributed by atoms with E-state index in [9.17, 15) is 9.18 Å². The lowest BCUT2D eigenvalue weighted by molar-refractivity contribution is -0.147. The molecule has 1 N–H and O–H groups in total. The van der Waals surface area contributed by atoms with Crippen molar-refractivity contribution in [3.63, 3.8) is 0 Å². The Hall–Kier alpha value is -2.02. The van der Waals surface area contributed by atoms with Crippen molar-refractivity contribution in [2.45, 2.75) is 20.4 Å². The fourth-order valence-electron chi connectivity index (χ4n) is 1.64. The fraction of sp³-hybridized carbons (Fsp3) is 0.333. The van der Waals surface area contributed by atoms with Crippen molar-refractivity contribution in [2.75, 3.05) is 0 Å². The zero-order valence-corrected chi connectivity index (χ0v) is 11.6. The van der Waals surface area contributed by atoms with Gasteiger partial charge in [-0.1, -0.05) is 17.7 Å². The maximum atomic E-state index is 13.9. The van der Waals surface area contributed by atoms with E-state index in [4.69, 9.17) is 16.7 Å². The Morgan fingerprint density at radius 3 is 2.80 bits per heavy atom. The van der Waals surface area contributed by atoms with Gasteiger partial charge < -0.3 is 5.11 Å². The molecule has 0 unspecified atom stereocenters. The topological polar surface area (TPSA) is 80.9 Å². The van der Waals surface area contributed by atoms with Crippen LogP contribution in [-0.4, -0.2) is 31.3 Å². The zero-order valence-electron chi connectivity index (χ0n) is 10.8. The van der Waals surface area contributed by atoms with Crippen molar-refractivity contribution in [2.24, 2.45) is 5.41 Å². The van der Waals surface area contributed by atoms with E-state index in [0.29, 0.717) is 0 Å². The van der Waals surface area contributed by atoms with E-state index < -0.39 is 17.2 Å². The molecule has 0 saturated heterocycles. The van der Waals surface area contributed by atoms with Crippen molar-refractivity contribution in [1.29, 1.82) is 0 Å². The van der Waals surface area contributed by atoms with Crippen LogP contribution >= 0.6 is 11.6 Å². The number of aliphatic carboxylic acids is 1. The predicted octanol–water partition coefficient (Wildman–Crippen LogP) is 2.24. The van der Waals surface area contributed by atoms with Gasteiger partial charge in [0.1, 0.15) is 5.82 Å². The minimum absolute atomic E-state index is 0.00463. The molecule has 0 aliphatic heterocycles. The Balaban J connectivity index is 2.47. The molecule has 20 heavy (non-hydrogen) atoms. The monoisotopic (exact) mass is 298 g/mol. The van der Waals surface area contributed by atoms with Crippen molar-refractivity contribution < 1.29 is 14.3 Å². The number of benzene rings is 1. The number of carbonyl (C=O) groups is 1. The number of hydrogen-bond donors (Lipinski definition) is 1. The third kappa shape index (κ3) is 2.62. The van der Waals surface area contributed by atoms with Crippen LogP contribution in [0.3, 0.4) is 0 Å². The van der Waals surface area contributed by atoms with E-state index in [1.165, 1.54) is 36.7 Å². The van der Waals surface area contributed by atoms with Gasteiger partial charge in [-0.25, -0.2) is 9.07 Å². The maximum absolute atomic E-state index is 13.9. The number of carboxylic acids is 1. The summed E-state index contributed by atoms with van der Waals surface area (Å²) in [6, 6.07) is 4.22. The third-order valence-corrected chi connectivity index (χ3v) is 3.16. The summed E-state index contributed by atoms with van der Waals surface area (Å²) in [4.78, 5) is 11.1. The highest BCUT2D eigenvalue weighted by Gasteiger charge is 2.30. The summed E-state index contributed by atoms with van der Waals surface area (Å²) in [6.07, 6.45) is 0. The molecule has 0 aliphatic rings. The van der Waals surface area contributed by atoms with E-state index in [1.807, 2.05) is 0 Å². The van der Waals surface area contributed by atoms with Gasteiger partial charge >= 0.3 is 5.97 Å². The van der Waals surface area contributed by atoms with E-state index in [-0.39, 0.29) is 23.0 Å². The highest BCUT2D eigenvalue weighted by molar-refractivity contribution is 6.33. The van der Waals surface area contributed by atoms with E-state index in [1.54, 1.807) is 0 Å². The van der Waals surface area contributed by atoms with Gasteiger partial charge in [0.25, 0.3) is 0 Å². The summed E-state index contributed by atoms with van der Waals surface area (Å²) >= 11 is 5.96. The second-order valence-corrected chi connectivity index (χ2v) is 5.35. The van der Waals surface area contributed by atoms with Gasteiger partial charge in [-0.3, -0.25) is 4.79 Å². The average Bonchev–Trinajstić information content (AvgIpc) is 2.76. The van der Waals surface area contributed by atoms with Gasteiger partial charge in [0.05, 0.1) is 22.5 Å². The average molecular weight is 299 g/mol. The van der Waals surface area contributed by atoms with Gasteiger partial charge in [-0.2, -0.15) is 0 Å². The number of tetrazole rings is 1. The minimum Gasteiger partial charge on any atom is -0.481 e. The lowest BCUT2D eigenvalue weighted by Crippen LogP contribution is -2.30. The molecule has 1 heterocycles. The molecule has 0 atom stereocenters. The third-order valence-electron chi connectivity index (χ3n) is 2.84. The lowest BCUT2D eigenvalue weighted by Gasteiger charge is -2.19. The van der Waals surface area contributed by atoms with Crippen LogP contribution in [0.25, 0.3) is 11.4 Å². The molecule has 0 radical (unpaired) electrons. The SMILES string of the molecule is CC(C)(Cn1nnnc1-c1c(F)cccc1Cl)C(=O)O. The number of halogens is 2. The van der Waals surface area contributed by atoms with Crippen molar-refractivity contribution in [3.05, 3.63) is 29.0 Å². The van der Waals surface area contributed by atoms with Crippen LogP contribution in [0, 0.1) is 11.2 Å². The molecule has 0 aliphatic carbocycles. The molecule has 8 heteroatoms. The first-order valence-corrected chi connectivity index (χ1v) is 6.14. The summed E-state index contributed by atoms with van der Waals surface area (Å²) in [7, 11) is 0. The summed E-state index contributed by atoms with van der Waals surface area (Å²) in [5.41, 5.74) is -1.04. The van der Waals surface area contributed by atoms with Gasteiger partial charge in [0.15, 0.2) is 5.82 Å². The molecular weight excluding hydrogens is 287 g/mol. The molecule has 1 aromatic carbocycles. The molecule has 0 bridgehead atoms. The standard InChI is InChI=1S/C12H12ClFN4O2/c1-12(2,11(19)20)6-18-10(15-16-17-18)9-7(13)4-3-5-8(9)14/h3-5H,6H2,1-2H3,(H,19,20). The van der Waals surface area contributed by atoms with Crippen LogP contribution in [-0.2, 0) is 11.3 Å². The van der Waals surface area contributed by atoms with Crippen LogP contribution in [0.15, 0.2) is 18.2 Å². The van der Waals surface area contributed by atoms with Crippen LogP contribution in [0.4, 0.5) is 4.39 Å². The quantitative estimate of drug-likeness (QED) is 0.936. The first-order chi connectivity index (χ1) is 9.33. The zero-order chi connectivity index (χ0) is 14.9. The molecule has 0 saturated carbocycles. The Labute approximate surface area is 119 Å². The first kappa shape index (κ1) is 14.4. The van der Waals surface area contributed by atoms with Crippen LogP contribution in [0.1, 0.15) is 13.8 Å². The first-order valence-electron chi connectivity index (χ1n) is 5.77. The highest BCUT2D eigenvalue weighted by Crippen LogP contribution is 2.30. The molecule has 0 spiro atoms. The Morgan fingerprint density at radius 2 is 2.20 bits per heavy atom.